The molecule has 2 aliphatic rings. The number of carbonyl (C=O) groups excluding carboxylic acids is 3. The van der Waals surface area contributed by atoms with Gasteiger partial charge in [-0.05, 0) is 44.6 Å². The SMILES string of the molecule is CC(=O)c1cc(C(=O)OCC(=O)N2CCC[C@@H]3CCCC[C@H]32)n(C)c1. The molecule has 1 saturated heterocycles. The van der Waals surface area contributed by atoms with Crippen molar-refractivity contribution in [3.8, 4) is 0 Å². The Morgan fingerprint density at radius 1 is 1.16 bits per heavy atom. The highest BCUT2D eigenvalue weighted by atomic mass is 16.5. The van der Waals surface area contributed by atoms with Gasteiger partial charge in [-0.2, -0.15) is 0 Å². The lowest BCUT2D eigenvalue weighted by Gasteiger charge is -2.44. The van der Waals surface area contributed by atoms with E-state index < -0.39 is 5.97 Å². The number of hydrogen-bond donors (Lipinski definition) is 0. The van der Waals surface area contributed by atoms with Crippen LogP contribution in [0.25, 0.3) is 0 Å². The molecule has 0 unspecified atom stereocenters. The summed E-state index contributed by atoms with van der Waals surface area (Å²) in [5, 5.41) is 0. The molecule has 0 N–H and O–H groups in total. The molecular weight excluding hydrogens is 320 g/mol. The summed E-state index contributed by atoms with van der Waals surface area (Å²) in [4.78, 5) is 38.2. The quantitative estimate of drug-likeness (QED) is 0.621. The maximum absolute atomic E-state index is 12.6. The molecule has 1 amide bonds. The molecule has 0 bridgehead atoms. The number of nitrogens with zero attached hydrogens (tertiary/aromatic N) is 2. The van der Waals surface area contributed by atoms with Crippen LogP contribution in [0.15, 0.2) is 12.3 Å². The second-order valence-electron chi connectivity index (χ2n) is 7.20. The number of fused-ring (bicyclic) bond motifs is 1. The van der Waals surface area contributed by atoms with Crippen LogP contribution in [0.1, 0.15) is 66.3 Å². The van der Waals surface area contributed by atoms with Gasteiger partial charge in [-0.3, -0.25) is 9.59 Å². The molecule has 0 radical (unpaired) electrons. The molecule has 2 fully saturated rings. The zero-order valence-electron chi connectivity index (χ0n) is 15.0. The minimum Gasteiger partial charge on any atom is -0.451 e. The second kappa shape index (κ2) is 7.42. The molecule has 1 aliphatic carbocycles. The highest BCUT2D eigenvalue weighted by Crippen LogP contribution is 2.35. The van der Waals surface area contributed by atoms with Gasteiger partial charge in [-0.1, -0.05) is 12.8 Å². The number of hydrogen-bond acceptors (Lipinski definition) is 4. The molecule has 2 atom stereocenters. The van der Waals surface area contributed by atoms with Crippen molar-refractivity contribution in [3.05, 3.63) is 23.5 Å². The van der Waals surface area contributed by atoms with E-state index in [1.807, 2.05) is 4.90 Å². The van der Waals surface area contributed by atoms with Gasteiger partial charge < -0.3 is 14.2 Å². The number of aryl methyl sites for hydroxylation is 1. The van der Waals surface area contributed by atoms with Gasteiger partial charge in [0.2, 0.25) is 0 Å². The minimum atomic E-state index is -0.569. The first-order valence-electron chi connectivity index (χ1n) is 9.11. The van der Waals surface area contributed by atoms with E-state index in [1.165, 1.54) is 38.7 Å². The molecule has 6 heteroatoms. The predicted molar refractivity (Wildman–Crippen MR) is 92.4 cm³/mol. The number of esters is 1. The van der Waals surface area contributed by atoms with Gasteiger partial charge in [-0.25, -0.2) is 4.79 Å². The zero-order valence-corrected chi connectivity index (χ0v) is 15.0. The van der Waals surface area contributed by atoms with Crippen LogP contribution in [0.3, 0.4) is 0 Å². The van der Waals surface area contributed by atoms with Gasteiger partial charge >= 0.3 is 5.97 Å². The topological polar surface area (TPSA) is 68.6 Å². The minimum absolute atomic E-state index is 0.106. The molecule has 25 heavy (non-hydrogen) atoms. The van der Waals surface area contributed by atoms with Crippen molar-refractivity contribution in [2.24, 2.45) is 13.0 Å². The van der Waals surface area contributed by atoms with E-state index in [-0.39, 0.29) is 24.0 Å². The maximum atomic E-state index is 12.6. The zero-order chi connectivity index (χ0) is 18.0. The lowest BCUT2D eigenvalue weighted by atomic mass is 9.78. The molecule has 1 saturated carbocycles. The van der Waals surface area contributed by atoms with Gasteiger partial charge in [0.25, 0.3) is 5.91 Å². The summed E-state index contributed by atoms with van der Waals surface area (Å²) in [5.41, 5.74) is 0.744. The number of ether oxygens (including phenoxy) is 1. The fraction of sp³-hybridized carbons (Fsp3) is 0.632. The lowest BCUT2D eigenvalue weighted by molar-refractivity contribution is -0.140. The van der Waals surface area contributed by atoms with Crippen LogP contribution >= 0.6 is 0 Å². The fourth-order valence-corrected chi connectivity index (χ4v) is 4.18. The highest BCUT2D eigenvalue weighted by Gasteiger charge is 2.35. The Bertz CT molecular complexity index is 677. The Morgan fingerprint density at radius 2 is 1.88 bits per heavy atom. The number of likely N-dealkylation sites (tertiary alicyclic amines) is 1. The summed E-state index contributed by atoms with van der Waals surface area (Å²) in [5.74, 6) is -0.179. The molecule has 136 valence electrons. The van der Waals surface area contributed by atoms with E-state index in [2.05, 4.69) is 0 Å². The van der Waals surface area contributed by atoms with Crippen LogP contribution in [0, 0.1) is 5.92 Å². The monoisotopic (exact) mass is 346 g/mol. The number of aromatic nitrogens is 1. The van der Waals surface area contributed by atoms with Crippen LogP contribution in [-0.4, -0.2) is 46.3 Å². The predicted octanol–water partition coefficient (Wildman–Crippen LogP) is 2.57. The third-order valence-corrected chi connectivity index (χ3v) is 5.51. The van der Waals surface area contributed by atoms with Crippen molar-refractivity contribution in [1.29, 1.82) is 0 Å². The summed E-state index contributed by atoms with van der Waals surface area (Å²) in [6, 6.07) is 1.82. The van der Waals surface area contributed by atoms with E-state index >= 15 is 0 Å². The van der Waals surface area contributed by atoms with Crippen molar-refractivity contribution in [2.45, 2.75) is 51.5 Å². The van der Waals surface area contributed by atoms with Crippen LogP contribution in [0.4, 0.5) is 0 Å². The molecule has 1 aromatic rings. The molecule has 6 nitrogen and oxygen atoms in total. The molecule has 0 spiro atoms. The van der Waals surface area contributed by atoms with E-state index in [0.717, 1.165) is 19.4 Å². The molecule has 1 aliphatic heterocycles. The Labute approximate surface area is 148 Å². The maximum Gasteiger partial charge on any atom is 0.355 e. The number of amides is 1. The largest absolute Gasteiger partial charge is 0.451 e. The average Bonchev–Trinajstić information content (AvgIpc) is 3.01. The fourth-order valence-electron chi connectivity index (χ4n) is 4.18. The summed E-state index contributed by atoms with van der Waals surface area (Å²) >= 11 is 0. The van der Waals surface area contributed by atoms with Crippen molar-refractivity contribution >= 4 is 17.7 Å². The van der Waals surface area contributed by atoms with Gasteiger partial charge in [0.05, 0.1) is 0 Å². The second-order valence-corrected chi connectivity index (χ2v) is 7.20. The van der Waals surface area contributed by atoms with Crippen LogP contribution in [0.2, 0.25) is 0 Å². The van der Waals surface area contributed by atoms with Crippen molar-refractivity contribution in [2.75, 3.05) is 13.2 Å². The smallest absolute Gasteiger partial charge is 0.355 e. The van der Waals surface area contributed by atoms with E-state index in [4.69, 9.17) is 4.74 Å². The molecule has 0 aromatic carbocycles. The summed E-state index contributed by atoms with van der Waals surface area (Å²) in [6.07, 6.45) is 8.51. The molecular formula is C19H26N2O4. The standard InChI is InChI=1S/C19H26N2O4/c1-13(22)15-10-17(20(2)11-15)19(24)25-12-18(23)21-9-5-7-14-6-3-4-8-16(14)21/h10-11,14,16H,3-9,12H2,1-2H3/t14-,16+/m0/s1. The van der Waals surface area contributed by atoms with Crippen molar-refractivity contribution in [1.82, 2.24) is 9.47 Å². The van der Waals surface area contributed by atoms with Gasteiger partial charge in [0, 0.05) is 31.4 Å². The first-order chi connectivity index (χ1) is 12.0. The number of carbonyl (C=O) groups is 3. The highest BCUT2D eigenvalue weighted by molar-refractivity contribution is 5.98. The van der Waals surface area contributed by atoms with E-state index in [9.17, 15) is 14.4 Å². The van der Waals surface area contributed by atoms with Crippen LogP contribution in [-0.2, 0) is 16.6 Å². The van der Waals surface area contributed by atoms with Crippen molar-refractivity contribution in [3.63, 3.8) is 0 Å². The van der Waals surface area contributed by atoms with Crippen LogP contribution < -0.4 is 0 Å². The molecule has 1 aromatic heterocycles. The van der Waals surface area contributed by atoms with Gasteiger partial charge in [0.1, 0.15) is 5.69 Å². The number of ketones is 1. The first-order valence-corrected chi connectivity index (χ1v) is 9.11. The first kappa shape index (κ1) is 17.7. The van der Waals surface area contributed by atoms with E-state index in [1.54, 1.807) is 17.8 Å². The third kappa shape index (κ3) is 3.78. The summed E-state index contributed by atoms with van der Waals surface area (Å²) in [7, 11) is 1.68. The summed E-state index contributed by atoms with van der Waals surface area (Å²) < 4.78 is 6.79. The van der Waals surface area contributed by atoms with Crippen LogP contribution in [0.5, 0.6) is 0 Å². The average molecular weight is 346 g/mol. The Kier molecular flexibility index (Phi) is 5.25. The Morgan fingerprint density at radius 3 is 2.60 bits per heavy atom. The van der Waals surface area contributed by atoms with E-state index in [0.29, 0.717) is 17.5 Å². The third-order valence-electron chi connectivity index (χ3n) is 5.51. The molecule has 3 rings (SSSR count). The Balaban J connectivity index is 1.60. The summed E-state index contributed by atoms with van der Waals surface area (Å²) in [6.45, 7) is 1.98. The number of rotatable bonds is 4. The Hall–Kier alpha value is -2.11. The van der Waals surface area contributed by atoms with Crippen molar-refractivity contribution < 1.29 is 19.1 Å². The normalized spacial score (nSPS) is 23.0. The van der Waals surface area contributed by atoms with Gasteiger partial charge in [0.15, 0.2) is 12.4 Å². The lowest BCUT2D eigenvalue weighted by Crippen LogP contribution is -2.50. The number of Topliss-reactive ketones (excluding diaryl/α,β-unsaturated/α-hetero) is 1. The van der Waals surface area contributed by atoms with Gasteiger partial charge in [-0.15, -0.1) is 0 Å². The number of piperidine rings is 1. The molecule has 2 heterocycles.